The molecule has 0 amide bonds. The normalized spacial score (nSPS) is 14.2. The van der Waals surface area contributed by atoms with Crippen LogP contribution in [0.15, 0.2) is 121 Å². The van der Waals surface area contributed by atoms with Gasteiger partial charge in [-0.3, -0.25) is 4.57 Å². The zero-order chi connectivity index (χ0) is 35.1. The lowest BCUT2D eigenvalue weighted by Gasteiger charge is -2.17. The van der Waals surface area contributed by atoms with Gasteiger partial charge in [0.1, 0.15) is 5.82 Å². The standard InChI is InChI=1S/C49H30N2S3/c1-2-13-28-27(12-1)24-25-36-43-31-16-4-3-15-30(31)42-34-17-5-8-21-38(34)51(45(42)48(43)54-46(28)36)49-37(26-41-44(50-49)35-18-7-10-23-40(35)52-41)33-20-11-19-32-29-14-6-9-22-39(29)53-47(32)33/h1-3,5,7-13,15,17-26H,4,6,14,16H2. The summed E-state index contributed by atoms with van der Waals surface area (Å²) in [5.41, 5.74) is 10.4. The van der Waals surface area contributed by atoms with Crippen molar-refractivity contribution in [3.05, 3.63) is 143 Å². The van der Waals surface area contributed by atoms with Crippen molar-refractivity contribution >= 4 is 129 Å². The Labute approximate surface area is 322 Å². The first-order valence-corrected chi connectivity index (χ1v) is 21.3. The van der Waals surface area contributed by atoms with E-state index >= 15 is 0 Å². The van der Waals surface area contributed by atoms with Crippen LogP contribution in [0.3, 0.4) is 0 Å². The number of hydrogen-bond donors (Lipinski definition) is 0. The van der Waals surface area contributed by atoms with Crippen LogP contribution in [0.5, 0.6) is 0 Å². The van der Waals surface area contributed by atoms with E-state index in [1.165, 1.54) is 110 Å². The molecule has 5 heterocycles. The van der Waals surface area contributed by atoms with E-state index < -0.39 is 0 Å². The van der Waals surface area contributed by atoms with Gasteiger partial charge in [-0.2, -0.15) is 0 Å². The number of aromatic nitrogens is 2. The number of para-hydroxylation sites is 1. The molecular weight excluding hydrogens is 713 g/mol. The molecule has 0 saturated heterocycles. The Balaban J connectivity index is 1.26. The molecule has 2 nitrogen and oxygen atoms in total. The summed E-state index contributed by atoms with van der Waals surface area (Å²) in [5.74, 6) is 1.01. The highest BCUT2D eigenvalue weighted by molar-refractivity contribution is 7.27. The fourth-order valence-electron chi connectivity index (χ4n) is 9.60. The third-order valence-electron chi connectivity index (χ3n) is 11.9. The summed E-state index contributed by atoms with van der Waals surface area (Å²) >= 11 is 5.77. The highest BCUT2D eigenvalue weighted by Crippen LogP contribution is 2.51. The van der Waals surface area contributed by atoms with Crippen LogP contribution in [0.1, 0.15) is 34.4 Å². The molecule has 254 valence electrons. The van der Waals surface area contributed by atoms with Gasteiger partial charge in [0.15, 0.2) is 0 Å². The van der Waals surface area contributed by atoms with Crippen LogP contribution < -0.4 is 0 Å². The van der Waals surface area contributed by atoms with Crippen molar-refractivity contribution in [2.45, 2.75) is 25.7 Å². The molecule has 0 unspecified atom stereocenters. The largest absolute Gasteiger partial charge is 0.292 e. The molecule has 0 N–H and O–H groups in total. The molecule has 54 heavy (non-hydrogen) atoms. The van der Waals surface area contributed by atoms with Crippen LogP contribution >= 0.6 is 34.0 Å². The lowest BCUT2D eigenvalue weighted by Crippen LogP contribution is -2.02. The Morgan fingerprint density at radius 2 is 1.33 bits per heavy atom. The van der Waals surface area contributed by atoms with Gasteiger partial charge in [0.25, 0.3) is 0 Å². The number of pyridine rings is 1. The van der Waals surface area contributed by atoms with E-state index in [1.807, 2.05) is 34.0 Å². The summed E-state index contributed by atoms with van der Waals surface area (Å²) in [6.07, 6.45) is 13.8. The van der Waals surface area contributed by atoms with Gasteiger partial charge in [-0.15, -0.1) is 34.0 Å². The zero-order valence-corrected chi connectivity index (χ0v) is 31.6. The van der Waals surface area contributed by atoms with Gasteiger partial charge in [-0.1, -0.05) is 109 Å². The van der Waals surface area contributed by atoms with Gasteiger partial charge in [0, 0.05) is 57.0 Å². The Morgan fingerprint density at radius 3 is 2.28 bits per heavy atom. The topological polar surface area (TPSA) is 17.8 Å². The van der Waals surface area contributed by atoms with E-state index in [9.17, 15) is 0 Å². The van der Waals surface area contributed by atoms with Gasteiger partial charge in [0.2, 0.25) is 0 Å². The molecule has 5 aromatic heterocycles. The van der Waals surface area contributed by atoms with E-state index in [1.54, 1.807) is 0 Å². The molecule has 0 spiro atoms. The van der Waals surface area contributed by atoms with E-state index in [0.29, 0.717) is 0 Å². The number of allylic oxidation sites excluding steroid dienone is 2. The minimum absolute atomic E-state index is 1.01. The predicted octanol–water partition coefficient (Wildman–Crippen LogP) is 14.9. The Kier molecular flexibility index (Phi) is 6.07. The fraction of sp³-hybridized carbons (Fsp3) is 0.0816. The van der Waals surface area contributed by atoms with Crippen LogP contribution in [0.25, 0.3) is 112 Å². The molecule has 0 bridgehead atoms. The smallest absolute Gasteiger partial charge is 0.146 e. The number of hydrogen-bond acceptors (Lipinski definition) is 4. The van der Waals surface area contributed by atoms with Crippen LogP contribution in [0, 0.1) is 0 Å². The van der Waals surface area contributed by atoms with Crippen molar-refractivity contribution in [1.29, 1.82) is 0 Å². The number of rotatable bonds is 2. The van der Waals surface area contributed by atoms with Crippen molar-refractivity contribution in [3.8, 4) is 16.9 Å². The molecule has 0 fully saturated rings. The molecule has 11 aromatic rings. The molecular formula is C49H30N2S3. The quantitative estimate of drug-likeness (QED) is 0.172. The first-order chi connectivity index (χ1) is 26.8. The van der Waals surface area contributed by atoms with Gasteiger partial charge in [-0.25, -0.2) is 4.98 Å². The van der Waals surface area contributed by atoms with Crippen molar-refractivity contribution in [2.75, 3.05) is 0 Å². The number of benzene rings is 6. The van der Waals surface area contributed by atoms with Crippen LogP contribution in [-0.4, -0.2) is 9.55 Å². The van der Waals surface area contributed by atoms with E-state index in [2.05, 4.69) is 138 Å². The van der Waals surface area contributed by atoms with Gasteiger partial charge in [0.05, 0.1) is 25.9 Å². The molecule has 0 atom stereocenters. The second-order valence-electron chi connectivity index (χ2n) is 14.8. The number of thiophene rings is 3. The summed E-state index contributed by atoms with van der Waals surface area (Å²) in [6, 6.07) is 40.9. The molecule has 0 aliphatic heterocycles. The third-order valence-corrected chi connectivity index (χ3v) is 15.5. The molecule has 2 aliphatic carbocycles. The highest BCUT2D eigenvalue weighted by Gasteiger charge is 2.28. The maximum absolute atomic E-state index is 5.84. The molecule has 0 saturated carbocycles. The van der Waals surface area contributed by atoms with Crippen LogP contribution in [-0.2, 0) is 12.8 Å². The van der Waals surface area contributed by atoms with Crippen molar-refractivity contribution in [1.82, 2.24) is 9.55 Å². The minimum atomic E-state index is 1.01. The second-order valence-corrected chi connectivity index (χ2v) is 17.9. The van der Waals surface area contributed by atoms with E-state index in [4.69, 9.17) is 4.98 Å². The number of aryl methyl sites for hydroxylation is 2. The maximum Gasteiger partial charge on any atom is 0.146 e. The average molecular weight is 743 g/mol. The molecule has 13 rings (SSSR count). The molecule has 0 radical (unpaired) electrons. The number of fused-ring (bicyclic) bond motifs is 18. The van der Waals surface area contributed by atoms with Gasteiger partial charge >= 0.3 is 0 Å². The molecule has 6 aromatic carbocycles. The van der Waals surface area contributed by atoms with E-state index in [0.717, 1.165) is 37.0 Å². The van der Waals surface area contributed by atoms with Crippen LogP contribution in [0.4, 0.5) is 0 Å². The molecule has 5 heteroatoms. The van der Waals surface area contributed by atoms with Crippen LogP contribution in [0.2, 0.25) is 0 Å². The Bertz CT molecular complexity index is 3510. The Hall–Kier alpha value is -5.59. The van der Waals surface area contributed by atoms with Crippen molar-refractivity contribution < 1.29 is 0 Å². The van der Waals surface area contributed by atoms with Crippen molar-refractivity contribution in [2.24, 2.45) is 0 Å². The summed E-state index contributed by atoms with van der Waals surface area (Å²) < 4.78 is 9.15. The third kappa shape index (κ3) is 3.91. The fourth-order valence-corrected chi connectivity index (χ4v) is 13.4. The maximum atomic E-state index is 5.84. The summed E-state index contributed by atoms with van der Waals surface area (Å²) in [6.45, 7) is 0. The molecule has 2 aliphatic rings. The predicted molar refractivity (Wildman–Crippen MR) is 237 cm³/mol. The monoisotopic (exact) mass is 742 g/mol. The highest BCUT2D eigenvalue weighted by atomic mass is 32.1. The average Bonchev–Trinajstić information content (AvgIpc) is 3.99. The first kappa shape index (κ1) is 29.8. The van der Waals surface area contributed by atoms with Gasteiger partial charge < -0.3 is 0 Å². The lowest BCUT2D eigenvalue weighted by atomic mass is 9.89. The van der Waals surface area contributed by atoms with E-state index in [-0.39, 0.29) is 0 Å². The zero-order valence-electron chi connectivity index (χ0n) is 29.1. The van der Waals surface area contributed by atoms with Gasteiger partial charge in [-0.05, 0) is 82.8 Å². The SMILES string of the molecule is C1=Cc2sc3c(-c4cc5sc6ccccc6c5nc4-n4c5ccccc5c5c6c(c7c8ccc9ccccc9c8sc7c54)CCC=C6)cccc3c2CC1. The van der Waals surface area contributed by atoms with Crippen molar-refractivity contribution in [3.63, 3.8) is 0 Å². The lowest BCUT2D eigenvalue weighted by molar-refractivity contribution is 1.00. The minimum Gasteiger partial charge on any atom is -0.292 e. The first-order valence-electron chi connectivity index (χ1n) is 18.8. The Morgan fingerprint density at radius 1 is 0.537 bits per heavy atom. The number of nitrogens with zero attached hydrogens (tertiary/aromatic N) is 2. The summed E-state index contributed by atoms with van der Waals surface area (Å²) in [7, 11) is 0. The summed E-state index contributed by atoms with van der Waals surface area (Å²) in [5, 5.41) is 10.7. The second kappa shape index (κ2) is 11.0. The summed E-state index contributed by atoms with van der Waals surface area (Å²) in [4.78, 5) is 7.24.